The third-order valence-corrected chi connectivity index (χ3v) is 8.79. The number of sulfonamides is 1. The van der Waals surface area contributed by atoms with Gasteiger partial charge in [0.25, 0.3) is 10.0 Å². The Kier molecular flexibility index (Phi) is 9.29. The van der Waals surface area contributed by atoms with Crippen LogP contribution >= 0.6 is 11.8 Å². The zero-order valence-electron chi connectivity index (χ0n) is 23.8. The van der Waals surface area contributed by atoms with Crippen LogP contribution in [0, 0.1) is 36.5 Å². The van der Waals surface area contributed by atoms with Crippen LogP contribution in [0.25, 0.3) is 11.1 Å². The molecule has 0 saturated carbocycles. The van der Waals surface area contributed by atoms with Gasteiger partial charge in [-0.2, -0.15) is 10.5 Å². The third kappa shape index (κ3) is 7.09. The minimum absolute atomic E-state index is 0.0318. The number of nitrogens with one attached hydrogen (secondary N) is 2. The summed E-state index contributed by atoms with van der Waals surface area (Å²) in [7, 11) is -3.96. The molecule has 1 atom stereocenters. The molecule has 0 aliphatic rings. The highest BCUT2D eigenvalue weighted by Crippen LogP contribution is 2.37. The van der Waals surface area contributed by atoms with Gasteiger partial charge in [0.15, 0.2) is 0 Å². The minimum Gasteiger partial charge on any atom is -0.383 e. The molecule has 0 aliphatic carbocycles. The van der Waals surface area contributed by atoms with Gasteiger partial charge >= 0.3 is 0 Å². The van der Waals surface area contributed by atoms with Crippen LogP contribution in [0.15, 0.2) is 64.5 Å². The molecule has 4 aromatic rings. The second-order valence-corrected chi connectivity index (χ2v) is 12.6. The molecule has 0 saturated heterocycles. The number of nitrogens with two attached hydrogens (primary N) is 1. The first kappa shape index (κ1) is 31.0. The van der Waals surface area contributed by atoms with Gasteiger partial charge in [-0.1, -0.05) is 43.0 Å². The van der Waals surface area contributed by atoms with E-state index in [4.69, 9.17) is 5.73 Å². The first-order valence-corrected chi connectivity index (χ1v) is 15.5. The lowest BCUT2D eigenvalue weighted by Crippen LogP contribution is -2.23. The maximum Gasteiger partial charge on any atom is 0.264 e. The fourth-order valence-corrected chi connectivity index (χ4v) is 6.07. The number of hydrogen-bond acceptors (Lipinski definition) is 10. The van der Waals surface area contributed by atoms with E-state index < -0.39 is 21.2 Å². The van der Waals surface area contributed by atoms with Crippen LogP contribution in [0.1, 0.15) is 41.9 Å². The molecule has 218 valence electrons. The van der Waals surface area contributed by atoms with E-state index in [1.54, 1.807) is 26.8 Å². The number of thioether (sulfide) groups is 1. The summed E-state index contributed by atoms with van der Waals surface area (Å²) in [5.74, 6) is -0.483. The number of anilines is 3. The van der Waals surface area contributed by atoms with E-state index in [1.807, 2.05) is 31.2 Å². The lowest BCUT2D eigenvalue weighted by atomic mass is 9.96. The van der Waals surface area contributed by atoms with Gasteiger partial charge in [0.2, 0.25) is 11.9 Å². The third-order valence-electron chi connectivity index (χ3n) is 6.36. The number of rotatable bonds is 9. The lowest BCUT2D eigenvalue weighted by Gasteiger charge is -2.16. The van der Waals surface area contributed by atoms with Crippen molar-refractivity contribution < 1.29 is 13.2 Å². The van der Waals surface area contributed by atoms with Crippen LogP contribution in [0.4, 0.5) is 17.5 Å². The number of carbonyl (C=O) groups is 1. The van der Waals surface area contributed by atoms with E-state index in [0.717, 1.165) is 23.7 Å². The number of benzene rings is 2. The summed E-state index contributed by atoms with van der Waals surface area (Å²) in [5, 5.41) is 22.1. The van der Waals surface area contributed by atoms with Crippen molar-refractivity contribution in [3.05, 3.63) is 82.7 Å². The van der Waals surface area contributed by atoms with Gasteiger partial charge < -0.3 is 11.1 Å². The summed E-state index contributed by atoms with van der Waals surface area (Å²) in [5.41, 5.74) is 10.1. The van der Waals surface area contributed by atoms with Crippen molar-refractivity contribution in [3.8, 4) is 23.3 Å². The number of aryl methyl sites for hydroxylation is 3. The highest BCUT2D eigenvalue weighted by Gasteiger charge is 2.24. The number of hydrogen-bond donors (Lipinski definition) is 3. The molecule has 11 nitrogen and oxygen atoms in total. The van der Waals surface area contributed by atoms with E-state index in [9.17, 15) is 23.7 Å². The molecule has 0 spiro atoms. The first-order chi connectivity index (χ1) is 20.4. The van der Waals surface area contributed by atoms with Gasteiger partial charge in [0.05, 0.1) is 15.7 Å². The number of nitriles is 2. The van der Waals surface area contributed by atoms with Crippen LogP contribution in [0.5, 0.6) is 0 Å². The summed E-state index contributed by atoms with van der Waals surface area (Å²) in [6.07, 6.45) is 0.834. The van der Waals surface area contributed by atoms with Crippen molar-refractivity contribution in [3.63, 3.8) is 0 Å². The van der Waals surface area contributed by atoms with Crippen molar-refractivity contribution >= 4 is 45.1 Å². The van der Waals surface area contributed by atoms with Gasteiger partial charge in [-0.15, -0.1) is 0 Å². The minimum atomic E-state index is -3.96. The SMILES string of the molecule is CCc1ccc(-c2c(C#N)c(N)nc(SC(C)C(=O)Nc3ccc(S(=O)(=O)Nc4nc(C)cc(C)n4)cc3)c2C#N)cc1. The molecule has 2 heterocycles. The fraction of sp³-hybridized carbons (Fsp3) is 0.200. The van der Waals surface area contributed by atoms with Crippen molar-refractivity contribution in [1.29, 1.82) is 10.5 Å². The molecule has 2 aromatic carbocycles. The molecule has 4 rings (SSSR count). The number of amides is 1. The van der Waals surface area contributed by atoms with Crippen molar-refractivity contribution in [2.45, 2.75) is 49.3 Å². The zero-order chi connectivity index (χ0) is 31.3. The molecular weight excluding hydrogens is 585 g/mol. The molecule has 0 bridgehead atoms. The summed E-state index contributed by atoms with van der Waals surface area (Å²) >= 11 is 1.03. The maximum atomic E-state index is 13.1. The largest absolute Gasteiger partial charge is 0.383 e. The normalized spacial score (nSPS) is 11.7. The summed E-state index contributed by atoms with van der Waals surface area (Å²) < 4.78 is 28.0. The van der Waals surface area contributed by atoms with Crippen LogP contribution in [-0.4, -0.2) is 34.5 Å². The van der Waals surface area contributed by atoms with Gasteiger partial charge in [-0.3, -0.25) is 4.79 Å². The predicted octanol–water partition coefficient (Wildman–Crippen LogP) is 4.96. The van der Waals surface area contributed by atoms with Gasteiger partial charge in [0, 0.05) is 22.6 Å². The average Bonchev–Trinajstić information content (AvgIpc) is 2.96. The summed E-state index contributed by atoms with van der Waals surface area (Å²) in [4.78, 5) is 25.5. The Bertz CT molecular complexity index is 1860. The molecule has 4 N–H and O–H groups in total. The predicted molar refractivity (Wildman–Crippen MR) is 166 cm³/mol. The Morgan fingerprint density at radius 3 is 2.14 bits per heavy atom. The Hall–Kier alpha value is -4.98. The summed E-state index contributed by atoms with van der Waals surface area (Å²) in [6.45, 7) is 7.14. The molecule has 0 radical (unpaired) electrons. The Morgan fingerprint density at radius 2 is 1.58 bits per heavy atom. The number of nitrogen functional groups attached to an aromatic ring is 1. The molecule has 1 amide bonds. The monoisotopic (exact) mass is 612 g/mol. The number of carbonyl (C=O) groups excluding carboxylic acids is 1. The quantitative estimate of drug-likeness (QED) is 0.218. The van der Waals surface area contributed by atoms with Gasteiger partial charge in [-0.25, -0.2) is 28.1 Å². The fourth-order valence-electron chi connectivity index (χ4n) is 4.21. The van der Waals surface area contributed by atoms with Gasteiger partial charge in [-0.05, 0) is 68.7 Å². The van der Waals surface area contributed by atoms with Crippen molar-refractivity contribution in [2.24, 2.45) is 0 Å². The lowest BCUT2D eigenvalue weighted by molar-refractivity contribution is -0.115. The molecule has 0 fully saturated rings. The van der Waals surface area contributed by atoms with E-state index >= 15 is 0 Å². The van der Waals surface area contributed by atoms with Crippen LogP contribution < -0.4 is 15.8 Å². The Balaban J connectivity index is 1.52. The van der Waals surface area contributed by atoms with Crippen LogP contribution in [-0.2, 0) is 21.2 Å². The second kappa shape index (κ2) is 12.9. The van der Waals surface area contributed by atoms with E-state index in [0.29, 0.717) is 28.2 Å². The highest BCUT2D eigenvalue weighted by atomic mass is 32.2. The topological polar surface area (TPSA) is 188 Å². The van der Waals surface area contributed by atoms with E-state index in [-0.39, 0.29) is 32.8 Å². The molecule has 1 unspecified atom stereocenters. The second-order valence-electron chi connectivity index (χ2n) is 9.55. The first-order valence-electron chi connectivity index (χ1n) is 13.1. The maximum absolute atomic E-state index is 13.1. The Morgan fingerprint density at radius 1 is 0.977 bits per heavy atom. The molecule has 2 aromatic heterocycles. The van der Waals surface area contributed by atoms with Crippen molar-refractivity contribution in [1.82, 2.24) is 15.0 Å². The van der Waals surface area contributed by atoms with Gasteiger partial charge in [0.1, 0.15) is 28.5 Å². The van der Waals surface area contributed by atoms with Crippen molar-refractivity contribution in [2.75, 3.05) is 15.8 Å². The number of nitrogens with zero attached hydrogens (tertiary/aromatic N) is 5. The van der Waals surface area contributed by atoms with Crippen LogP contribution in [0.2, 0.25) is 0 Å². The molecule has 43 heavy (non-hydrogen) atoms. The van der Waals surface area contributed by atoms with E-state index in [2.05, 4.69) is 37.1 Å². The standard InChI is InChI=1S/C30H28N8O3S2/c1-5-20-6-8-21(9-7-20)26-24(15-31)27(33)37-29(25(26)16-32)42-19(4)28(39)36-22-10-12-23(13-11-22)43(40,41)38-30-34-17(2)14-18(3)35-30/h6-14,19H,5H2,1-4H3,(H2,33,37)(H,36,39)(H,34,35,38). The number of aromatic nitrogens is 3. The molecular formula is C30H28N8O3S2. The molecule has 0 aliphatic heterocycles. The highest BCUT2D eigenvalue weighted by molar-refractivity contribution is 8.00. The smallest absolute Gasteiger partial charge is 0.264 e. The average molecular weight is 613 g/mol. The zero-order valence-corrected chi connectivity index (χ0v) is 25.5. The summed E-state index contributed by atoms with van der Waals surface area (Å²) in [6, 6.07) is 19.0. The Labute approximate surface area is 254 Å². The number of pyridine rings is 1. The van der Waals surface area contributed by atoms with Crippen LogP contribution in [0.3, 0.4) is 0 Å². The van der Waals surface area contributed by atoms with E-state index in [1.165, 1.54) is 24.3 Å². The molecule has 13 heteroatoms.